The van der Waals surface area contributed by atoms with Gasteiger partial charge in [-0.3, -0.25) is 0 Å². The number of aromatic nitrogens is 2. The maximum absolute atomic E-state index is 5.50. The fourth-order valence-electron chi connectivity index (χ4n) is 3.51. The number of likely N-dealkylation sites (tertiary alicyclic amines) is 1. The highest BCUT2D eigenvalue weighted by atomic mass is 16.7. The van der Waals surface area contributed by atoms with Gasteiger partial charge in [-0.2, -0.15) is 0 Å². The normalized spacial score (nSPS) is 18.2. The van der Waals surface area contributed by atoms with Gasteiger partial charge < -0.3 is 23.7 Å². The molecule has 6 nitrogen and oxygen atoms in total. The topological polar surface area (TPSA) is 48.8 Å². The molecule has 2 aliphatic rings. The molecule has 0 aliphatic carbocycles. The van der Waals surface area contributed by atoms with E-state index in [2.05, 4.69) is 20.5 Å². The lowest BCUT2D eigenvalue weighted by Gasteiger charge is -2.31. The number of hydrogen-bond donors (Lipinski definition) is 0. The highest BCUT2D eigenvalue weighted by molar-refractivity contribution is 5.50. The van der Waals surface area contributed by atoms with E-state index in [0.717, 1.165) is 62.1 Å². The summed E-state index contributed by atoms with van der Waals surface area (Å²) >= 11 is 0. The molecule has 24 heavy (non-hydrogen) atoms. The van der Waals surface area contributed by atoms with Crippen molar-refractivity contribution in [1.29, 1.82) is 0 Å². The molecule has 0 unspecified atom stereocenters. The van der Waals surface area contributed by atoms with Crippen molar-refractivity contribution in [1.82, 2.24) is 14.5 Å². The number of piperidine rings is 1. The summed E-state index contributed by atoms with van der Waals surface area (Å²) in [5, 5.41) is 0. The number of hydrogen-bond acceptors (Lipinski definition) is 5. The van der Waals surface area contributed by atoms with Gasteiger partial charge in [0.05, 0.1) is 12.3 Å². The van der Waals surface area contributed by atoms with Gasteiger partial charge in [-0.25, -0.2) is 4.98 Å². The van der Waals surface area contributed by atoms with Crippen molar-refractivity contribution in [3.63, 3.8) is 0 Å². The van der Waals surface area contributed by atoms with Crippen LogP contribution in [-0.2, 0) is 4.74 Å². The van der Waals surface area contributed by atoms with E-state index >= 15 is 0 Å². The van der Waals surface area contributed by atoms with Crippen LogP contribution in [0.2, 0.25) is 0 Å². The average Bonchev–Trinajstić information content (AvgIpc) is 3.28. The van der Waals surface area contributed by atoms with Crippen LogP contribution in [-0.4, -0.2) is 54.6 Å². The standard InChI is InChI=1S/C18H23N3O3/c1-22-11-10-20-7-4-14(5-8-20)18-19-6-9-21(18)15-2-3-16-17(12-15)24-13-23-16/h2-3,6,9,12,14H,4-5,7-8,10-11,13H2,1H3. The van der Waals surface area contributed by atoms with Gasteiger partial charge in [-0.05, 0) is 38.1 Å². The van der Waals surface area contributed by atoms with Gasteiger partial charge in [0.1, 0.15) is 5.82 Å². The first-order valence-corrected chi connectivity index (χ1v) is 8.49. The predicted octanol–water partition coefficient (Wildman–Crippen LogP) is 2.43. The number of benzene rings is 1. The quantitative estimate of drug-likeness (QED) is 0.843. The van der Waals surface area contributed by atoms with Crippen LogP contribution in [0.1, 0.15) is 24.6 Å². The molecule has 2 aromatic rings. The highest BCUT2D eigenvalue weighted by Gasteiger charge is 2.24. The molecule has 0 saturated carbocycles. The van der Waals surface area contributed by atoms with E-state index in [4.69, 9.17) is 14.2 Å². The van der Waals surface area contributed by atoms with Gasteiger partial charge >= 0.3 is 0 Å². The zero-order valence-electron chi connectivity index (χ0n) is 14.0. The Morgan fingerprint density at radius 2 is 2.04 bits per heavy atom. The summed E-state index contributed by atoms with van der Waals surface area (Å²) in [5.74, 6) is 3.25. The van der Waals surface area contributed by atoms with Crippen molar-refractivity contribution in [2.24, 2.45) is 0 Å². The lowest BCUT2D eigenvalue weighted by molar-refractivity contribution is 0.129. The first-order valence-electron chi connectivity index (χ1n) is 8.49. The zero-order chi connectivity index (χ0) is 16.4. The molecule has 2 aliphatic heterocycles. The maximum Gasteiger partial charge on any atom is 0.231 e. The smallest absolute Gasteiger partial charge is 0.231 e. The molecule has 0 bridgehead atoms. The molecule has 1 fully saturated rings. The SMILES string of the molecule is COCCN1CCC(c2nccn2-c2ccc3c(c2)OCO3)CC1. The minimum absolute atomic E-state index is 0.301. The van der Waals surface area contributed by atoms with E-state index in [0.29, 0.717) is 12.7 Å². The van der Waals surface area contributed by atoms with E-state index < -0.39 is 0 Å². The molecule has 0 spiro atoms. The lowest BCUT2D eigenvalue weighted by atomic mass is 9.96. The van der Waals surface area contributed by atoms with Crippen molar-refractivity contribution in [3.8, 4) is 17.2 Å². The van der Waals surface area contributed by atoms with E-state index in [1.807, 2.05) is 24.5 Å². The fourth-order valence-corrected chi connectivity index (χ4v) is 3.51. The van der Waals surface area contributed by atoms with Crippen molar-refractivity contribution in [2.45, 2.75) is 18.8 Å². The first kappa shape index (κ1) is 15.5. The van der Waals surface area contributed by atoms with Crippen LogP contribution in [0.25, 0.3) is 5.69 Å². The summed E-state index contributed by atoms with van der Waals surface area (Å²) in [6, 6.07) is 6.06. The maximum atomic E-state index is 5.50. The van der Waals surface area contributed by atoms with Crippen molar-refractivity contribution in [3.05, 3.63) is 36.4 Å². The molecule has 1 saturated heterocycles. The number of imidazole rings is 1. The summed E-state index contributed by atoms with van der Waals surface area (Å²) < 4.78 is 18.3. The van der Waals surface area contributed by atoms with E-state index in [1.54, 1.807) is 7.11 Å². The third-order valence-corrected chi connectivity index (χ3v) is 4.87. The van der Waals surface area contributed by atoms with E-state index in [-0.39, 0.29) is 0 Å². The van der Waals surface area contributed by atoms with Crippen LogP contribution in [0.15, 0.2) is 30.6 Å². The molecular formula is C18H23N3O3. The predicted molar refractivity (Wildman–Crippen MR) is 90.0 cm³/mol. The summed E-state index contributed by atoms with van der Waals surface area (Å²) in [5.41, 5.74) is 1.08. The van der Waals surface area contributed by atoms with Gasteiger partial charge in [0.25, 0.3) is 0 Å². The third-order valence-electron chi connectivity index (χ3n) is 4.87. The number of methoxy groups -OCH3 is 1. The van der Waals surface area contributed by atoms with Crippen LogP contribution in [0.3, 0.4) is 0 Å². The molecule has 4 rings (SSSR count). The van der Waals surface area contributed by atoms with Gasteiger partial charge in [0.15, 0.2) is 11.5 Å². The zero-order valence-corrected chi connectivity index (χ0v) is 14.0. The summed E-state index contributed by atoms with van der Waals surface area (Å²) in [7, 11) is 1.76. The Morgan fingerprint density at radius 3 is 2.88 bits per heavy atom. The van der Waals surface area contributed by atoms with E-state index in [9.17, 15) is 0 Å². The Labute approximate surface area is 142 Å². The summed E-state index contributed by atoms with van der Waals surface area (Å²) in [4.78, 5) is 7.11. The monoisotopic (exact) mass is 329 g/mol. The van der Waals surface area contributed by atoms with Crippen LogP contribution in [0.5, 0.6) is 11.5 Å². The van der Waals surface area contributed by atoms with Gasteiger partial charge in [-0.15, -0.1) is 0 Å². The first-order chi connectivity index (χ1) is 11.8. The van der Waals surface area contributed by atoms with Crippen molar-refractivity contribution >= 4 is 0 Å². The van der Waals surface area contributed by atoms with Crippen LogP contribution < -0.4 is 9.47 Å². The van der Waals surface area contributed by atoms with Crippen LogP contribution in [0.4, 0.5) is 0 Å². The number of nitrogens with zero attached hydrogens (tertiary/aromatic N) is 3. The molecule has 0 radical (unpaired) electrons. The third kappa shape index (κ3) is 2.99. The fraction of sp³-hybridized carbons (Fsp3) is 0.500. The molecule has 1 aromatic carbocycles. The number of fused-ring (bicyclic) bond motifs is 1. The molecule has 0 atom stereocenters. The molecule has 6 heteroatoms. The van der Waals surface area contributed by atoms with E-state index in [1.165, 1.54) is 0 Å². The highest BCUT2D eigenvalue weighted by Crippen LogP contribution is 2.35. The van der Waals surface area contributed by atoms with Crippen LogP contribution in [0, 0.1) is 0 Å². The average molecular weight is 329 g/mol. The Bertz CT molecular complexity index is 693. The number of rotatable bonds is 5. The number of ether oxygens (including phenoxy) is 3. The van der Waals surface area contributed by atoms with Gasteiger partial charge in [-0.1, -0.05) is 0 Å². The minimum atomic E-state index is 0.301. The molecule has 1 aromatic heterocycles. The molecule has 0 N–H and O–H groups in total. The lowest BCUT2D eigenvalue weighted by Crippen LogP contribution is -2.35. The largest absolute Gasteiger partial charge is 0.454 e. The Morgan fingerprint density at radius 1 is 1.21 bits per heavy atom. The molecule has 0 amide bonds. The molecule has 128 valence electrons. The summed E-state index contributed by atoms with van der Waals surface area (Å²) in [6.07, 6.45) is 6.18. The molecule has 3 heterocycles. The van der Waals surface area contributed by atoms with Crippen molar-refractivity contribution < 1.29 is 14.2 Å². The second-order valence-electron chi connectivity index (χ2n) is 6.30. The van der Waals surface area contributed by atoms with Crippen LogP contribution >= 0.6 is 0 Å². The van der Waals surface area contributed by atoms with Crippen molar-refractivity contribution in [2.75, 3.05) is 40.1 Å². The minimum Gasteiger partial charge on any atom is -0.454 e. The summed E-state index contributed by atoms with van der Waals surface area (Å²) in [6.45, 7) is 4.32. The second-order valence-corrected chi connectivity index (χ2v) is 6.30. The van der Waals surface area contributed by atoms with Gasteiger partial charge in [0.2, 0.25) is 6.79 Å². The molecular weight excluding hydrogens is 306 g/mol. The second kappa shape index (κ2) is 6.83. The Balaban J connectivity index is 1.49. The Hall–Kier alpha value is -2.05. The van der Waals surface area contributed by atoms with Gasteiger partial charge in [0, 0.05) is 38.0 Å². The Kier molecular flexibility index (Phi) is 4.40.